The normalized spacial score (nSPS) is 36.4. The molecule has 1 saturated heterocycles. The summed E-state index contributed by atoms with van der Waals surface area (Å²) in [6.45, 7) is 1.06. The number of carbonyl (C=O) groups excluding carboxylic acids is 1. The minimum Gasteiger partial charge on any atom is -0.508 e. The molecule has 3 atom stereocenters. The molecule has 3 aliphatic rings. The van der Waals surface area contributed by atoms with Gasteiger partial charge in [0.25, 0.3) is 0 Å². The molecule has 0 amide bonds. The van der Waals surface area contributed by atoms with Crippen LogP contribution < -0.4 is 0 Å². The van der Waals surface area contributed by atoms with Crippen molar-refractivity contribution in [1.29, 1.82) is 0 Å². The number of carbonyl (C=O) groups is 1. The molecule has 1 N–H and O–H groups in total. The molecule has 0 radical (unpaired) electrons. The number of likely N-dealkylation sites (tertiary alicyclic amines) is 1. The number of aromatic hydroxyl groups is 1. The van der Waals surface area contributed by atoms with Gasteiger partial charge < -0.3 is 10.0 Å². The number of nitrogens with zero attached hydrogens (tertiary/aromatic N) is 1. The Morgan fingerprint density at radius 2 is 2.25 bits per heavy atom. The van der Waals surface area contributed by atoms with Crippen LogP contribution in [0.5, 0.6) is 5.75 Å². The third-order valence-electron chi connectivity index (χ3n) is 5.96. The second kappa shape index (κ2) is 4.08. The Morgan fingerprint density at radius 1 is 1.40 bits per heavy atom. The standard InChI is InChI=1S/C17H21NO2/c1-18-7-6-17-10-13(20)4-5-14(17)16(18)8-11-2-3-12(19)9-15(11)17/h2-3,9,14,16,19H,4-8,10H2,1H3/t14?,16?,17-/m0/s1. The summed E-state index contributed by atoms with van der Waals surface area (Å²) in [4.78, 5) is 14.6. The van der Waals surface area contributed by atoms with Gasteiger partial charge in [0.15, 0.2) is 0 Å². The molecule has 2 aliphatic carbocycles. The van der Waals surface area contributed by atoms with Crippen LogP contribution >= 0.6 is 0 Å². The van der Waals surface area contributed by atoms with Crippen LogP contribution in [0, 0.1) is 5.92 Å². The van der Waals surface area contributed by atoms with Crippen LogP contribution in [0.3, 0.4) is 0 Å². The highest BCUT2D eigenvalue weighted by molar-refractivity contribution is 5.81. The Balaban J connectivity index is 1.92. The highest BCUT2D eigenvalue weighted by Crippen LogP contribution is 2.55. The molecule has 3 nitrogen and oxygen atoms in total. The van der Waals surface area contributed by atoms with Gasteiger partial charge in [0.1, 0.15) is 11.5 Å². The van der Waals surface area contributed by atoms with E-state index >= 15 is 0 Å². The summed E-state index contributed by atoms with van der Waals surface area (Å²) in [6.07, 6.45) is 4.55. The monoisotopic (exact) mass is 271 g/mol. The van der Waals surface area contributed by atoms with Crippen LogP contribution in [0.25, 0.3) is 0 Å². The number of fused-ring (bicyclic) bond motifs is 1. The molecule has 2 bridgehead atoms. The van der Waals surface area contributed by atoms with Crippen molar-refractivity contribution in [3.05, 3.63) is 29.3 Å². The molecule has 1 saturated carbocycles. The lowest BCUT2D eigenvalue weighted by molar-refractivity contribution is -0.126. The van der Waals surface area contributed by atoms with Crippen molar-refractivity contribution in [2.24, 2.45) is 5.92 Å². The van der Waals surface area contributed by atoms with Crippen molar-refractivity contribution in [1.82, 2.24) is 4.90 Å². The molecule has 1 aromatic rings. The Labute approximate surface area is 119 Å². The number of hydrogen-bond donors (Lipinski definition) is 1. The SMILES string of the molecule is CN1CC[C@]23CC(=O)CCC2C1Cc1ccc(O)cc13. The molecule has 106 valence electrons. The van der Waals surface area contributed by atoms with E-state index in [-0.39, 0.29) is 5.41 Å². The maximum atomic E-state index is 12.1. The first-order valence-corrected chi connectivity index (χ1v) is 7.64. The maximum absolute atomic E-state index is 12.1. The Hall–Kier alpha value is -1.35. The van der Waals surface area contributed by atoms with Crippen LogP contribution in [0.1, 0.15) is 36.8 Å². The van der Waals surface area contributed by atoms with Gasteiger partial charge in [-0.3, -0.25) is 4.79 Å². The summed E-state index contributed by atoms with van der Waals surface area (Å²) in [5, 5.41) is 9.89. The summed E-state index contributed by atoms with van der Waals surface area (Å²) >= 11 is 0. The van der Waals surface area contributed by atoms with E-state index in [1.54, 1.807) is 6.07 Å². The zero-order valence-corrected chi connectivity index (χ0v) is 11.9. The summed E-state index contributed by atoms with van der Waals surface area (Å²) in [7, 11) is 2.22. The molecule has 0 aromatic heterocycles. The molecule has 0 spiro atoms. The third kappa shape index (κ3) is 1.53. The van der Waals surface area contributed by atoms with Crippen molar-refractivity contribution >= 4 is 5.78 Å². The van der Waals surface area contributed by atoms with E-state index in [0.29, 0.717) is 29.9 Å². The molecule has 3 heteroatoms. The van der Waals surface area contributed by atoms with Crippen LogP contribution in [0.15, 0.2) is 18.2 Å². The fraction of sp³-hybridized carbons (Fsp3) is 0.588. The lowest BCUT2D eigenvalue weighted by atomic mass is 9.52. The van der Waals surface area contributed by atoms with E-state index in [2.05, 4.69) is 18.0 Å². The molecule has 20 heavy (non-hydrogen) atoms. The zero-order chi connectivity index (χ0) is 13.9. The van der Waals surface area contributed by atoms with Gasteiger partial charge in [0.2, 0.25) is 0 Å². The van der Waals surface area contributed by atoms with Crippen molar-refractivity contribution in [3.63, 3.8) is 0 Å². The molecule has 1 aliphatic heterocycles. The van der Waals surface area contributed by atoms with Gasteiger partial charge in [0, 0.05) is 24.3 Å². The first-order chi connectivity index (χ1) is 9.60. The van der Waals surface area contributed by atoms with Gasteiger partial charge in [-0.1, -0.05) is 6.07 Å². The topological polar surface area (TPSA) is 40.5 Å². The summed E-state index contributed by atoms with van der Waals surface area (Å²) in [6, 6.07) is 6.35. The van der Waals surface area contributed by atoms with Crippen molar-refractivity contribution < 1.29 is 9.90 Å². The fourth-order valence-electron chi connectivity index (χ4n) is 5.01. The number of phenolic OH excluding ortho intramolecular Hbond substituents is 1. The number of likely N-dealkylation sites (N-methyl/N-ethyl adjacent to an activating group) is 1. The van der Waals surface area contributed by atoms with Gasteiger partial charge in [0.05, 0.1) is 0 Å². The van der Waals surface area contributed by atoms with E-state index < -0.39 is 0 Å². The third-order valence-corrected chi connectivity index (χ3v) is 5.96. The molecule has 1 heterocycles. The van der Waals surface area contributed by atoms with Crippen LogP contribution in [-0.4, -0.2) is 35.4 Å². The van der Waals surface area contributed by atoms with E-state index in [1.807, 2.05) is 6.07 Å². The second-order valence-electron chi connectivity index (χ2n) is 6.86. The van der Waals surface area contributed by atoms with Crippen LogP contribution in [-0.2, 0) is 16.6 Å². The predicted octanol–water partition coefficient (Wildman–Crippen LogP) is 2.26. The van der Waals surface area contributed by atoms with E-state index in [4.69, 9.17) is 0 Å². The number of piperidine rings is 1. The largest absolute Gasteiger partial charge is 0.508 e. The molecular weight excluding hydrogens is 250 g/mol. The summed E-state index contributed by atoms with van der Waals surface area (Å²) in [5.74, 6) is 1.32. The number of hydrogen-bond acceptors (Lipinski definition) is 3. The molecule has 2 fully saturated rings. The maximum Gasteiger partial charge on any atom is 0.133 e. The number of benzene rings is 1. The van der Waals surface area contributed by atoms with E-state index in [0.717, 1.165) is 32.2 Å². The van der Waals surface area contributed by atoms with Gasteiger partial charge in [-0.05, 0) is 62.0 Å². The van der Waals surface area contributed by atoms with Crippen molar-refractivity contribution in [2.45, 2.75) is 43.6 Å². The number of Topliss-reactive ketones (excluding diaryl/α,β-unsaturated/α-hetero) is 1. The molecule has 2 unspecified atom stereocenters. The number of phenols is 1. The quantitative estimate of drug-likeness (QED) is 0.787. The van der Waals surface area contributed by atoms with Gasteiger partial charge >= 0.3 is 0 Å². The van der Waals surface area contributed by atoms with Gasteiger partial charge in [-0.2, -0.15) is 0 Å². The van der Waals surface area contributed by atoms with E-state index in [1.165, 1.54) is 11.1 Å². The fourth-order valence-corrected chi connectivity index (χ4v) is 5.01. The predicted molar refractivity (Wildman–Crippen MR) is 76.9 cm³/mol. The molecular formula is C17H21NO2. The molecule has 1 aromatic carbocycles. The van der Waals surface area contributed by atoms with Gasteiger partial charge in [-0.15, -0.1) is 0 Å². The Morgan fingerprint density at radius 3 is 3.10 bits per heavy atom. The minimum atomic E-state index is -0.00116. The smallest absolute Gasteiger partial charge is 0.133 e. The second-order valence-corrected chi connectivity index (χ2v) is 6.86. The zero-order valence-electron chi connectivity index (χ0n) is 11.9. The summed E-state index contributed by atoms with van der Waals surface area (Å²) in [5.41, 5.74) is 2.60. The lowest BCUT2D eigenvalue weighted by Gasteiger charge is -2.58. The average Bonchev–Trinajstić information content (AvgIpc) is 2.43. The van der Waals surface area contributed by atoms with Crippen molar-refractivity contribution in [3.8, 4) is 5.75 Å². The highest BCUT2D eigenvalue weighted by Gasteiger charge is 2.54. The Kier molecular flexibility index (Phi) is 2.53. The van der Waals surface area contributed by atoms with Crippen LogP contribution in [0.2, 0.25) is 0 Å². The minimum absolute atomic E-state index is 0.00116. The average molecular weight is 271 g/mol. The van der Waals surface area contributed by atoms with Crippen molar-refractivity contribution in [2.75, 3.05) is 13.6 Å². The number of rotatable bonds is 0. The first kappa shape index (κ1) is 12.4. The summed E-state index contributed by atoms with van der Waals surface area (Å²) < 4.78 is 0. The Bertz CT molecular complexity index is 582. The highest BCUT2D eigenvalue weighted by atomic mass is 16.3. The van der Waals surface area contributed by atoms with Gasteiger partial charge in [-0.25, -0.2) is 0 Å². The molecule has 4 rings (SSSR count). The lowest BCUT2D eigenvalue weighted by Crippen LogP contribution is -2.60. The first-order valence-electron chi connectivity index (χ1n) is 7.64. The number of ketones is 1. The van der Waals surface area contributed by atoms with E-state index in [9.17, 15) is 9.90 Å². The van der Waals surface area contributed by atoms with Crippen LogP contribution in [0.4, 0.5) is 0 Å².